The van der Waals surface area contributed by atoms with Crippen LogP contribution in [0.1, 0.15) is 34.1 Å². The highest BCUT2D eigenvalue weighted by Gasteiger charge is 2.10. The number of hydrogen-bond acceptors (Lipinski definition) is 0. The van der Waals surface area contributed by atoms with Crippen LogP contribution in [0.2, 0.25) is 0 Å². The van der Waals surface area contributed by atoms with Gasteiger partial charge in [-0.2, -0.15) is 0 Å². The Kier molecular flexibility index (Phi) is 3.94. The van der Waals surface area contributed by atoms with Crippen molar-refractivity contribution in [2.75, 3.05) is 0 Å². The van der Waals surface area contributed by atoms with Crippen LogP contribution in [-0.4, -0.2) is 0 Å². The molecule has 0 amide bonds. The SMILES string of the molecule is CC=C(C)C1=C(C)C(CC)C=CC=C1. The van der Waals surface area contributed by atoms with Crippen LogP contribution in [0.5, 0.6) is 0 Å². The average molecular weight is 188 g/mol. The summed E-state index contributed by atoms with van der Waals surface area (Å²) in [5, 5.41) is 0. The van der Waals surface area contributed by atoms with Gasteiger partial charge in [-0.25, -0.2) is 0 Å². The van der Waals surface area contributed by atoms with E-state index >= 15 is 0 Å². The number of rotatable bonds is 2. The lowest BCUT2D eigenvalue weighted by Gasteiger charge is -2.14. The molecule has 1 atom stereocenters. The molecule has 0 aromatic heterocycles. The van der Waals surface area contributed by atoms with Gasteiger partial charge in [0.05, 0.1) is 0 Å². The first-order valence-corrected chi connectivity index (χ1v) is 5.39. The van der Waals surface area contributed by atoms with E-state index in [0.717, 1.165) is 0 Å². The van der Waals surface area contributed by atoms with Gasteiger partial charge < -0.3 is 0 Å². The number of hydrogen-bond donors (Lipinski definition) is 0. The lowest BCUT2D eigenvalue weighted by Crippen LogP contribution is -1.99. The minimum atomic E-state index is 0.606. The second kappa shape index (κ2) is 4.99. The maximum Gasteiger partial charge on any atom is -0.00165 e. The van der Waals surface area contributed by atoms with Gasteiger partial charge in [-0.15, -0.1) is 0 Å². The quantitative estimate of drug-likeness (QED) is 0.601. The Morgan fingerprint density at radius 1 is 1.43 bits per heavy atom. The third kappa shape index (κ3) is 2.25. The standard InChI is InChI=1S/C14H20/c1-5-11(3)14-10-8-7-9-13(6-2)12(14)4/h5,7-10,13H,6H2,1-4H3. The van der Waals surface area contributed by atoms with Crippen molar-refractivity contribution < 1.29 is 0 Å². The van der Waals surface area contributed by atoms with E-state index in [2.05, 4.69) is 58.1 Å². The van der Waals surface area contributed by atoms with Crippen LogP contribution in [0.15, 0.2) is 47.1 Å². The summed E-state index contributed by atoms with van der Waals surface area (Å²) < 4.78 is 0. The molecule has 1 rings (SSSR count). The van der Waals surface area contributed by atoms with Crippen molar-refractivity contribution in [1.29, 1.82) is 0 Å². The predicted octanol–water partition coefficient (Wildman–Crippen LogP) is 4.42. The van der Waals surface area contributed by atoms with Gasteiger partial charge in [0.1, 0.15) is 0 Å². The third-order valence-electron chi connectivity index (χ3n) is 3.00. The fraction of sp³-hybridized carbons (Fsp3) is 0.429. The minimum Gasteiger partial charge on any atom is -0.0841 e. The van der Waals surface area contributed by atoms with Crippen molar-refractivity contribution in [3.63, 3.8) is 0 Å². The molecule has 0 heteroatoms. The fourth-order valence-corrected chi connectivity index (χ4v) is 1.87. The van der Waals surface area contributed by atoms with Crippen molar-refractivity contribution in [3.8, 4) is 0 Å². The molecule has 1 aliphatic rings. The highest BCUT2D eigenvalue weighted by Crippen LogP contribution is 2.27. The van der Waals surface area contributed by atoms with Crippen LogP contribution in [0.25, 0.3) is 0 Å². The average Bonchev–Trinajstić information content (AvgIpc) is 2.39. The normalized spacial score (nSPS) is 22.9. The van der Waals surface area contributed by atoms with Gasteiger partial charge in [0.15, 0.2) is 0 Å². The van der Waals surface area contributed by atoms with E-state index in [9.17, 15) is 0 Å². The summed E-state index contributed by atoms with van der Waals surface area (Å²) in [6.07, 6.45) is 12.2. The molecule has 0 aromatic carbocycles. The second-order valence-electron chi connectivity index (χ2n) is 3.83. The maximum atomic E-state index is 2.29. The van der Waals surface area contributed by atoms with Crippen LogP contribution in [0.4, 0.5) is 0 Å². The summed E-state index contributed by atoms with van der Waals surface area (Å²) >= 11 is 0. The minimum absolute atomic E-state index is 0.606. The highest BCUT2D eigenvalue weighted by atomic mass is 14.2. The van der Waals surface area contributed by atoms with E-state index in [0.29, 0.717) is 5.92 Å². The second-order valence-corrected chi connectivity index (χ2v) is 3.83. The van der Waals surface area contributed by atoms with Gasteiger partial charge in [0.25, 0.3) is 0 Å². The molecule has 1 aliphatic carbocycles. The smallest absolute Gasteiger partial charge is 0.00165 e. The van der Waals surface area contributed by atoms with Gasteiger partial charge in [0.2, 0.25) is 0 Å². The lowest BCUT2D eigenvalue weighted by molar-refractivity contribution is 0.723. The molecular weight excluding hydrogens is 168 g/mol. The van der Waals surface area contributed by atoms with Crippen molar-refractivity contribution in [2.45, 2.75) is 34.1 Å². The molecule has 1 unspecified atom stereocenters. The molecule has 0 fully saturated rings. The highest BCUT2D eigenvalue weighted by molar-refractivity contribution is 5.45. The summed E-state index contributed by atoms with van der Waals surface area (Å²) in [6, 6.07) is 0. The Hall–Kier alpha value is -1.04. The van der Waals surface area contributed by atoms with E-state index < -0.39 is 0 Å². The van der Waals surface area contributed by atoms with Gasteiger partial charge >= 0.3 is 0 Å². The maximum absolute atomic E-state index is 2.29. The van der Waals surface area contributed by atoms with E-state index in [1.165, 1.54) is 23.1 Å². The zero-order valence-corrected chi connectivity index (χ0v) is 9.67. The summed E-state index contributed by atoms with van der Waals surface area (Å²) in [4.78, 5) is 0. The van der Waals surface area contributed by atoms with E-state index in [1.54, 1.807) is 0 Å². The Morgan fingerprint density at radius 2 is 2.14 bits per heavy atom. The molecule has 0 N–H and O–H groups in total. The first-order valence-electron chi connectivity index (χ1n) is 5.39. The molecule has 0 aromatic rings. The summed E-state index contributed by atoms with van der Waals surface area (Å²) in [5.41, 5.74) is 4.28. The topological polar surface area (TPSA) is 0 Å². The van der Waals surface area contributed by atoms with E-state index in [4.69, 9.17) is 0 Å². The fourth-order valence-electron chi connectivity index (χ4n) is 1.87. The summed E-state index contributed by atoms with van der Waals surface area (Å²) in [7, 11) is 0. The van der Waals surface area contributed by atoms with Gasteiger partial charge in [-0.3, -0.25) is 0 Å². The van der Waals surface area contributed by atoms with E-state index in [-0.39, 0.29) is 0 Å². The van der Waals surface area contributed by atoms with Gasteiger partial charge in [-0.1, -0.05) is 42.9 Å². The Bertz CT molecular complexity index is 311. The molecule has 76 valence electrons. The van der Waals surface area contributed by atoms with Gasteiger partial charge in [-0.05, 0) is 44.3 Å². The van der Waals surface area contributed by atoms with Crippen LogP contribution in [-0.2, 0) is 0 Å². The lowest BCUT2D eigenvalue weighted by atomic mass is 9.91. The van der Waals surface area contributed by atoms with Crippen molar-refractivity contribution in [3.05, 3.63) is 47.1 Å². The molecule has 0 bridgehead atoms. The van der Waals surface area contributed by atoms with E-state index in [1.807, 2.05) is 0 Å². The predicted molar refractivity (Wildman–Crippen MR) is 64.2 cm³/mol. The first kappa shape index (κ1) is 11.0. The summed E-state index contributed by atoms with van der Waals surface area (Å²) in [6.45, 7) is 8.77. The van der Waals surface area contributed by atoms with Crippen LogP contribution in [0.3, 0.4) is 0 Å². The molecule has 0 heterocycles. The van der Waals surface area contributed by atoms with Gasteiger partial charge in [0, 0.05) is 0 Å². The monoisotopic (exact) mass is 188 g/mol. The Labute approximate surface area is 87.7 Å². The molecule has 14 heavy (non-hydrogen) atoms. The zero-order valence-electron chi connectivity index (χ0n) is 9.67. The Balaban J connectivity index is 3.12. The molecule has 0 spiro atoms. The van der Waals surface area contributed by atoms with Crippen LogP contribution < -0.4 is 0 Å². The van der Waals surface area contributed by atoms with Crippen molar-refractivity contribution >= 4 is 0 Å². The molecular formula is C14H20. The van der Waals surface area contributed by atoms with Crippen LogP contribution in [0, 0.1) is 5.92 Å². The van der Waals surface area contributed by atoms with Crippen molar-refractivity contribution in [2.24, 2.45) is 5.92 Å². The zero-order chi connectivity index (χ0) is 10.6. The molecule has 0 radical (unpaired) electrons. The molecule has 0 saturated carbocycles. The molecule has 0 aliphatic heterocycles. The molecule has 0 saturated heterocycles. The van der Waals surface area contributed by atoms with Crippen molar-refractivity contribution in [1.82, 2.24) is 0 Å². The summed E-state index contributed by atoms with van der Waals surface area (Å²) in [5.74, 6) is 0.606. The van der Waals surface area contributed by atoms with Crippen LogP contribution >= 0.6 is 0 Å². The molecule has 0 nitrogen and oxygen atoms in total. The number of allylic oxidation sites excluding steroid dienone is 8. The largest absolute Gasteiger partial charge is 0.0841 e. The first-order chi connectivity index (χ1) is 6.70. The Morgan fingerprint density at radius 3 is 2.71 bits per heavy atom. The third-order valence-corrected chi connectivity index (χ3v) is 3.00.